The Morgan fingerprint density at radius 1 is 0.908 bits per heavy atom. The smallest absolute Gasteiger partial charge is 0.339 e. The highest BCUT2D eigenvalue weighted by Crippen LogP contribution is 2.88. The Labute approximate surface area is 385 Å². The molecule has 1 aromatic carbocycles. The van der Waals surface area contributed by atoms with Crippen molar-refractivity contribution in [3.63, 3.8) is 0 Å². The van der Waals surface area contributed by atoms with Gasteiger partial charge in [-0.2, -0.15) is 0 Å². The van der Waals surface area contributed by atoms with Crippen molar-refractivity contribution in [1.82, 2.24) is 9.80 Å². The molecule has 7 heterocycles. The monoisotopic (exact) mass is 878 g/mol. The van der Waals surface area contributed by atoms with Crippen molar-refractivity contribution in [3.05, 3.63) is 81.0 Å². The normalized spacial score (nSPS) is 47.7. The third kappa shape index (κ3) is 4.53. The molecule has 16 atom stereocenters. The SMILES string of the molecule is CC1C=CC2CC3C(C)CC4=C5C3C3=C2C26C(=O)OC(=C(O)C7CCC8C9CC(CN8C7C7CCC8(CCCC8)C7)C(CC4)N5C9)C2(CC3)C2(OC(=O)c3c(CCCN)cccc32)C6C1. The van der Waals surface area contributed by atoms with Crippen LogP contribution in [0.2, 0.25) is 0 Å². The van der Waals surface area contributed by atoms with Gasteiger partial charge in [0, 0.05) is 60.2 Å². The number of piperidine rings is 3. The summed E-state index contributed by atoms with van der Waals surface area (Å²) in [4.78, 5) is 37.3. The molecule has 7 fully saturated rings. The highest BCUT2D eigenvalue weighted by atomic mass is 16.6. The minimum Gasteiger partial charge on any atom is -0.508 e. The molecule has 3 N–H and O–H groups in total. The topological polar surface area (TPSA) is 105 Å². The fourth-order valence-corrected chi connectivity index (χ4v) is 21.0. The van der Waals surface area contributed by atoms with Gasteiger partial charge in [0.15, 0.2) is 11.4 Å². The van der Waals surface area contributed by atoms with E-state index in [2.05, 4.69) is 54.0 Å². The molecule has 65 heavy (non-hydrogen) atoms. The van der Waals surface area contributed by atoms with Crippen LogP contribution in [-0.2, 0) is 26.3 Å². The van der Waals surface area contributed by atoms with Crippen LogP contribution < -0.4 is 5.73 Å². The van der Waals surface area contributed by atoms with Crippen LogP contribution >= 0.6 is 0 Å². The third-order valence-corrected chi connectivity index (χ3v) is 22.8. The molecular formula is C57H71N3O5. The number of fused-ring (bicyclic) bond motifs is 8. The number of carbonyl (C=O) groups is 2. The summed E-state index contributed by atoms with van der Waals surface area (Å²) in [6.07, 6.45) is 25.9. The summed E-state index contributed by atoms with van der Waals surface area (Å²) in [5.41, 5.74) is 12.2. The number of hydrogen-bond acceptors (Lipinski definition) is 8. The molecule has 344 valence electrons. The first-order chi connectivity index (χ1) is 31.6. The highest BCUT2D eigenvalue weighted by Gasteiger charge is 2.94. The van der Waals surface area contributed by atoms with Gasteiger partial charge in [0.1, 0.15) is 11.2 Å². The first-order valence-corrected chi connectivity index (χ1v) is 27.0. The van der Waals surface area contributed by atoms with E-state index < -0.39 is 16.4 Å². The number of aryl methyl sites for hydroxylation is 1. The van der Waals surface area contributed by atoms with E-state index in [0.717, 1.165) is 49.8 Å². The Hall–Kier alpha value is -3.36. The summed E-state index contributed by atoms with van der Waals surface area (Å²) in [5, 5.41) is 13.9. The molecule has 14 aliphatic rings. The lowest BCUT2D eigenvalue weighted by molar-refractivity contribution is -0.281. The Morgan fingerprint density at radius 3 is 2.63 bits per heavy atom. The molecule has 16 unspecified atom stereocenters. The number of benzene rings is 1. The lowest BCUT2D eigenvalue weighted by Gasteiger charge is -2.73. The number of esters is 2. The Balaban J connectivity index is 1.03. The van der Waals surface area contributed by atoms with Gasteiger partial charge >= 0.3 is 11.9 Å². The summed E-state index contributed by atoms with van der Waals surface area (Å²) in [6.45, 7) is 7.69. The molecule has 0 radical (unpaired) electrons. The fraction of sp³-hybridized carbons (Fsp3) is 0.719. The minimum absolute atomic E-state index is 0.104. The Kier molecular flexibility index (Phi) is 8.07. The van der Waals surface area contributed by atoms with E-state index in [4.69, 9.17) is 15.2 Å². The third-order valence-electron chi connectivity index (χ3n) is 22.8. The molecule has 0 aromatic heterocycles. The first-order valence-electron chi connectivity index (χ1n) is 27.0. The maximum absolute atomic E-state index is 16.2. The maximum atomic E-state index is 16.2. The average Bonchev–Trinajstić information content (AvgIpc) is 4.08. The van der Waals surface area contributed by atoms with Crippen molar-refractivity contribution in [1.29, 1.82) is 0 Å². The van der Waals surface area contributed by atoms with Crippen LogP contribution in [0, 0.1) is 75.4 Å². The first kappa shape index (κ1) is 39.6. The number of carbonyl (C=O) groups excluding carboxylic acids is 2. The van der Waals surface area contributed by atoms with E-state index in [1.54, 1.807) is 11.3 Å². The van der Waals surface area contributed by atoms with Gasteiger partial charge in [-0.25, -0.2) is 4.79 Å². The van der Waals surface area contributed by atoms with Crippen molar-refractivity contribution in [2.24, 2.45) is 81.2 Å². The van der Waals surface area contributed by atoms with Gasteiger partial charge in [-0.05, 0) is 174 Å². The van der Waals surface area contributed by atoms with E-state index in [-0.39, 0.29) is 41.7 Å². The summed E-state index contributed by atoms with van der Waals surface area (Å²) in [6, 6.07) is 7.66. The standard InChI is InChI=1S/C57H71N3O5/c1-30-10-11-33-26-40-31(2)24-34-12-14-42-36-25-37-29-60(42)49(34)46(40)38-17-21-55-51(50(61)39-13-15-43(37)59(28-36)48(39)35-16-20-54(27-35)18-3-4-19-54)64-53(63)56(55,47(33)38)44(23-30)57(55)41-9-5-7-32(8-6-22-58)45(41)52(62)65-57/h5,7,9-11,30-31,33,35-37,39-40,42-44,46,48,61H,3-4,6,8,12-29,58H2,1-2H3. The van der Waals surface area contributed by atoms with Gasteiger partial charge in [-0.1, -0.05) is 68.2 Å². The second kappa shape index (κ2) is 13.2. The lowest BCUT2D eigenvalue weighted by atomic mass is 9.27. The zero-order chi connectivity index (χ0) is 43.5. The average molecular weight is 878 g/mol. The number of hydrogen-bond donors (Lipinski definition) is 2. The van der Waals surface area contributed by atoms with Crippen molar-refractivity contribution >= 4 is 11.9 Å². The summed E-state index contributed by atoms with van der Waals surface area (Å²) in [7, 11) is 0. The number of rotatable bonds is 4. The van der Waals surface area contributed by atoms with E-state index in [0.29, 0.717) is 95.9 Å². The second-order valence-electron chi connectivity index (χ2n) is 25.1. The van der Waals surface area contributed by atoms with E-state index >= 15 is 4.79 Å². The van der Waals surface area contributed by atoms with Crippen LogP contribution in [0.4, 0.5) is 0 Å². The van der Waals surface area contributed by atoms with Crippen LogP contribution in [0.3, 0.4) is 0 Å². The van der Waals surface area contributed by atoms with Crippen LogP contribution in [0.1, 0.15) is 151 Å². The quantitative estimate of drug-likeness (QED) is 0.228. The van der Waals surface area contributed by atoms with Gasteiger partial charge < -0.3 is 25.2 Å². The molecule has 15 rings (SSSR count). The Morgan fingerprint density at radius 2 is 1.77 bits per heavy atom. The van der Waals surface area contributed by atoms with Gasteiger partial charge in [-0.15, -0.1) is 0 Å². The highest BCUT2D eigenvalue weighted by molar-refractivity contribution is 6.00. The molecule has 7 aliphatic heterocycles. The number of ether oxygens (including phenoxy) is 2. The molecule has 4 spiro atoms. The number of allylic oxidation sites excluding steroid dienone is 4. The predicted molar refractivity (Wildman–Crippen MR) is 247 cm³/mol. The molecule has 1 aromatic rings. The van der Waals surface area contributed by atoms with Crippen molar-refractivity contribution in [2.45, 2.75) is 160 Å². The van der Waals surface area contributed by atoms with Crippen molar-refractivity contribution < 1.29 is 24.2 Å². The largest absolute Gasteiger partial charge is 0.508 e. The van der Waals surface area contributed by atoms with Gasteiger partial charge in [0.05, 0.1) is 11.0 Å². The minimum atomic E-state index is -1.13. The summed E-state index contributed by atoms with van der Waals surface area (Å²) < 4.78 is 14.5. The number of aliphatic hydroxyl groups is 1. The van der Waals surface area contributed by atoms with Crippen LogP contribution in [0.5, 0.6) is 0 Å². The maximum Gasteiger partial charge on any atom is 0.339 e. The zero-order valence-corrected chi connectivity index (χ0v) is 39.0. The summed E-state index contributed by atoms with van der Waals surface area (Å²) in [5.74, 6) is 3.43. The van der Waals surface area contributed by atoms with E-state index in [9.17, 15) is 9.90 Å². The number of aliphatic hydroxyl groups excluding tert-OH is 1. The van der Waals surface area contributed by atoms with Gasteiger partial charge in [0.2, 0.25) is 0 Å². The number of nitrogens with zero attached hydrogens (tertiary/aromatic N) is 2. The van der Waals surface area contributed by atoms with E-state index in [1.807, 2.05) is 0 Å². The van der Waals surface area contributed by atoms with Crippen LogP contribution in [0.15, 0.2) is 64.3 Å². The molecule has 0 amide bonds. The van der Waals surface area contributed by atoms with Gasteiger partial charge in [-0.3, -0.25) is 9.69 Å². The zero-order valence-electron chi connectivity index (χ0n) is 39.0. The fourth-order valence-electron chi connectivity index (χ4n) is 21.0. The molecule has 8 heteroatoms. The van der Waals surface area contributed by atoms with Crippen LogP contribution in [0.25, 0.3) is 0 Å². The van der Waals surface area contributed by atoms with Crippen molar-refractivity contribution in [3.8, 4) is 0 Å². The second-order valence-corrected chi connectivity index (χ2v) is 25.1. The van der Waals surface area contributed by atoms with Gasteiger partial charge in [0.25, 0.3) is 0 Å². The Bertz CT molecular complexity index is 2460. The molecular weight excluding hydrogens is 807 g/mol. The molecule has 7 bridgehead atoms. The van der Waals surface area contributed by atoms with E-state index in [1.165, 1.54) is 88.3 Å². The summed E-state index contributed by atoms with van der Waals surface area (Å²) >= 11 is 0. The predicted octanol–water partition coefficient (Wildman–Crippen LogP) is 10.0. The van der Waals surface area contributed by atoms with Crippen LogP contribution in [-0.4, -0.2) is 64.6 Å². The lowest BCUT2D eigenvalue weighted by Crippen LogP contribution is -2.78. The number of nitrogens with two attached hydrogens (primary N) is 1. The molecule has 7 aliphatic carbocycles. The molecule has 4 saturated heterocycles. The molecule has 8 nitrogen and oxygen atoms in total. The van der Waals surface area contributed by atoms with Crippen molar-refractivity contribution in [2.75, 3.05) is 19.6 Å². The molecule has 3 saturated carbocycles.